The second-order valence-electron chi connectivity index (χ2n) is 7.77. The number of benzene rings is 3. The molecule has 128 valence electrons. The Morgan fingerprint density at radius 1 is 0.731 bits per heavy atom. The molecule has 26 heavy (non-hydrogen) atoms. The van der Waals surface area contributed by atoms with Gasteiger partial charge >= 0.3 is 0 Å². The fourth-order valence-electron chi connectivity index (χ4n) is 4.80. The Morgan fingerprint density at radius 3 is 1.81 bits per heavy atom. The molecule has 0 aromatic heterocycles. The average molecular weight is 340 g/mol. The molecule has 5 rings (SSSR count). The molecule has 0 saturated heterocycles. The van der Waals surface area contributed by atoms with Crippen molar-refractivity contribution in [3.63, 3.8) is 0 Å². The van der Waals surface area contributed by atoms with E-state index in [9.17, 15) is 0 Å². The van der Waals surface area contributed by atoms with E-state index in [-0.39, 0.29) is 0 Å². The van der Waals surface area contributed by atoms with Gasteiger partial charge in [-0.1, -0.05) is 60.7 Å². The first kappa shape index (κ1) is 15.6. The zero-order valence-electron chi connectivity index (χ0n) is 15.4. The van der Waals surface area contributed by atoms with E-state index in [2.05, 4.69) is 74.5 Å². The summed E-state index contributed by atoms with van der Waals surface area (Å²) in [5.74, 6) is 0. The fourth-order valence-corrected chi connectivity index (χ4v) is 4.80. The van der Waals surface area contributed by atoms with Crippen molar-refractivity contribution in [2.45, 2.75) is 32.9 Å². The third-order valence-corrected chi connectivity index (χ3v) is 5.97. The summed E-state index contributed by atoms with van der Waals surface area (Å²) < 4.78 is 16.0. The van der Waals surface area contributed by atoms with Crippen LogP contribution >= 0.6 is 0 Å². The molecule has 0 fully saturated rings. The van der Waals surface area contributed by atoms with Crippen molar-refractivity contribution in [1.29, 1.82) is 0 Å². The van der Waals surface area contributed by atoms with Crippen LogP contribution in [0.5, 0.6) is 0 Å². The lowest BCUT2D eigenvalue weighted by molar-refractivity contribution is 0.280. The molecule has 2 aliphatic carbocycles. The summed E-state index contributed by atoms with van der Waals surface area (Å²) in [7, 11) is 0. The smallest absolute Gasteiger partial charge is 0.138 e. The third kappa shape index (κ3) is 1.94. The second kappa shape index (κ2) is 5.17. The van der Waals surface area contributed by atoms with Gasteiger partial charge in [0.15, 0.2) is 0 Å². The topological polar surface area (TPSA) is 0 Å². The van der Waals surface area contributed by atoms with Crippen molar-refractivity contribution in [3.8, 4) is 11.1 Å². The van der Waals surface area contributed by atoms with E-state index in [1.165, 1.54) is 22.3 Å². The van der Waals surface area contributed by atoms with E-state index in [1.807, 2.05) is 0 Å². The van der Waals surface area contributed by atoms with Crippen LogP contribution in [0.3, 0.4) is 0 Å². The first-order valence-electron chi connectivity index (χ1n) is 9.21. The highest BCUT2D eigenvalue weighted by molar-refractivity contribution is 6.13. The lowest BCUT2D eigenvalue weighted by Crippen LogP contribution is -2.18. The maximum absolute atomic E-state index is 16.0. The van der Waals surface area contributed by atoms with Crippen LogP contribution in [0.1, 0.15) is 40.3 Å². The molecule has 0 bridgehead atoms. The Morgan fingerprint density at radius 2 is 1.23 bits per heavy atom. The SMILES string of the molecule is Cc1ccc(C)c2c1C[C@](C)(F)C2=C1c2ccccc2-c2ccccc21. The number of allylic oxidation sites excluding steroid dienone is 1. The Kier molecular flexibility index (Phi) is 3.10. The molecule has 0 amide bonds. The van der Waals surface area contributed by atoms with Gasteiger partial charge < -0.3 is 0 Å². The van der Waals surface area contributed by atoms with Crippen molar-refractivity contribution in [3.05, 3.63) is 94.0 Å². The summed E-state index contributed by atoms with van der Waals surface area (Å²) in [5.41, 5.74) is 9.94. The number of fused-ring (bicyclic) bond motifs is 4. The number of hydrogen-bond acceptors (Lipinski definition) is 0. The van der Waals surface area contributed by atoms with Gasteiger partial charge in [0.1, 0.15) is 5.67 Å². The molecule has 0 unspecified atom stereocenters. The molecular formula is C25H21F. The molecule has 1 heteroatoms. The minimum absolute atomic E-state index is 0.457. The molecule has 2 aliphatic rings. The Balaban J connectivity index is 1.96. The van der Waals surface area contributed by atoms with E-state index in [1.54, 1.807) is 6.92 Å². The number of alkyl halides is 1. The zero-order valence-corrected chi connectivity index (χ0v) is 15.4. The molecule has 0 heterocycles. The van der Waals surface area contributed by atoms with Crippen molar-refractivity contribution >= 4 is 11.1 Å². The van der Waals surface area contributed by atoms with E-state index in [0.717, 1.165) is 33.4 Å². The first-order valence-corrected chi connectivity index (χ1v) is 9.21. The molecule has 3 aromatic rings. The maximum Gasteiger partial charge on any atom is 0.138 e. The fraction of sp³-hybridized carbons (Fsp3) is 0.200. The molecule has 0 N–H and O–H groups in total. The highest BCUT2D eigenvalue weighted by Gasteiger charge is 2.43. The molecular weight excluding hydrogens is 319 g/mol. The molecule has 0 radical (unpaired) electrons. The monoisotopic (exact) mass is 340 g/mol. The van der Waals surface area contributed by atoms with Crippen LogP contribution in [0.25, 0.3) is 22.3 Å². The highest BCUT2D eigenvalue weighted by atomic mass is 19.1. The normalized spacial score (nSPS) is 20.2. The molecule has 0 aliphatic heterocycles. The first-order chi connectivity index (χ1) is 12.5. The predicted molar refractivity (Wildman–Crippen MR) is 107 cm³/mol. The maximum atomic E-state index is 16.0. The Hall–Kier alpha value is -2.67. The van der Waals surface area contributed by atoms with E-state index in [4.69, 9.17) is 0 Å². The van der Waals surface area contributed by atoms with Crippen LogP contribution in [0, 0.1) is 13.8 Å². The Labute approximate surface area is 154 Å². The summed E-state index contributed by atoms with van der Waals surface area (Å²) in [4.78, 5) is 0. The third-order valence-electron chi connectivity index (χ3n) is 5.97. The quantitative estimate of drug-likeness (QED) is 0.341. The number of hydrogen-bond donors (Lipinski definition) is 0. The summed E-state index contributed by atoms with van der Waals surface area (Å²) >= 11 is 0. The standard InChI is InChI=1S/C25H21F/c1-15-12-13-16(2)22-21(15)14-25(3,26)24(22)23-19-10-6-4-8-17(19)18-9-5-7-11-20(18)23/h4-13H,14H2,1-3H3/t25-/m0/s1. The van der Waals surface area contributed by atoms with E-state index < -0.39 is 5.67 Å². The van der Waals surface area contributed by atoms with Crippen LogP contribution in [-0.4, -0.2) is 5.67 Å². The van der Waals surface area contributed by atoms with Crippen LogP contribution < -0.4 is 0 Å². The van der Waals surface area contributed by atoms with Crippen molar-refractivity contribution in [2.75, 3.05) is 0 Å². The summed E-state index contributed by atoms with van der Waals surface area (Å²) in [6.45, 7) is 5.95. The van der Waals surface area contributed by atoms with Gasteiger partial charge in [0.2, 0.25) is 0 Å². The zero-order chi connectivity index (χ0) is 18.1. The number of rotatable bonds is 0. The summed E-state index contributed by atoms with van der Waals surface area (Å²) in [5, 5.41) is 0. The Bertz CT molecular complexity index is 1050. The minimum Gasteiger partial charge on any atom is -0.239 e. The van der Waals surface area contributed by atoms with Crippen LogP contribution in [0.4, 0.5) is 4.39 Å². The van der Waals surface area contributed by atoms with Gasteiger partial charge in [-0.25, -0.2) is 4.39 Å². The van der Waals surface area contributed by atoms with Gasteiger partial charge in [0, 0.05) is 12.0 Å². The summed E-state index contributed by atoms with van der Waals surface area (Å²) in [6.07, 6.45) is 0.457. The minimum atomic E-state index is -1.36. The lowest BCUT2D eigenvalue weighted by Gasteiger charge is -2.20. The van der Waals surface area contributed by atoms with Gasteiger partial charge in [0.05, 0.1) is 0 Å². The predicted octanol–water partition coefficient (Wildman–Crippen LogP) is 6.53. The van der Waals surface area contributed by atoms with Crippen LogP contribution in [0.15, 0.2) is 60.7 Å². The molecule has 3 aromatic carbocycles. The van der Waals surface area contributed by atoms with Crippen LogP contribution in [0.2, 0.25) is 0 Å². The largest absolute Gasteiger partial charge is 0.239 e. The molecule has 0 spiro atoms. The second-order valence-corrected chi connectivity index (χ2v) is 7.77. The van der Waals surface area contributed by atoms with Gasteiger partial charge in [0.25, 0.3) is 0 Å². The summed E-state index contributed by atoms with van der Waals surface area (Å²) in [6, 6.07) is 21.1. The van der Waals surface area contributed by atoms with Crippen molar-refractivity contribution in [1.82, 2.24) is 0 Å². The van der Waals surface area contributed by atoms with Gasteiger partial charge in [-0.05, 0) is 70.9 Å². The van der Waals surface area contributed by atoms with Gasteiger partial charge in [-0.15, -0.1) is 0 Å². The van der Waals surface area contributed by atoms with Crippen LogP contribution in [-0.2, 0) is 6.42 Å². The average Bonchev–Trinajstić information content (AvgIpc) is 3.10. The van der Waals surface area contributed by atoms with Gasteiger partial charge in [-0.2, -0.15) is 0 Å². The van der Waals surface area contributed by atoms with Crippen molar-refractivity contribution in [2.24, 2.45) is 0 Å². The van der Waals surface area contributed by atoms with Crippen molar-refractivity contribution < 1.29 is 4.39 Å². The molecule has 0 saturated carbocycles. The highest BCUT2D eigenvalue weighted by Crippen LogP contribution is 2.55. The molecule has 0 nitrogen and oxygen atoms in total. The van der Waals surface area contributed by atoms with E-state index in [0.29, 0.717) is 6.42 Å². The number of halogens is 1. The number of aryl methyl sites for hydroxylation is 2. The van der Waals surface area contributed by atoms with E-state index >= 15 is 4.39 Å². The lowest BCUT2D eigenvalue weighted by atomic mass is 9.87. The van der Waals surface area contributed by atoms with Gasteiger partial charge in [-0.3, -0.25) is 0 Å². The molecule has 1 atom stereocenters.